The van der Waals surface area contributed by atoms with Gasteiger partial charge in [-0.25, -0.2) is 4.79 Å². The standard InChI is InChI=1S/C12H17N3O5/c13-8-1-2-10(14-11(8)20-4-3-16)15-6-7(17)5-9(15)12(18)19/h1-2,7,9,16-17H,3-6,13H2,(H,18,19). The number of nitrogens with two attached hydrogens (primary N) is 1. The van der Waals surface area contributed by atoms with Crippen LogP contribution in [0.3, 0.4) is 0 Å². The Hall–Kier alpha value is -2.06. The van der Waals surface area contributed by atoms with Crippen LogP contribution < -0.4 is 15.4 Å². The van der Waals surface area contributed by atoms with E-state index in [0.29, 0.717) is 11.5 Å². The fourth-order valence-electron chi connectivity index (χ4n) is 2.16. The van der Waals surface area contributed by atoms with Gasteiger partial charge >= 0.3 is 5.97 Å². The number of β-amino-alcohol motifs (C(OH)–C–C–N with tert-alkyl or cyclic N) is 1. The van der Waals surface area contributed by atoms with Crippen LogP contribution in [0.15, 0.2) is 12.1 Å². The molecule has 1 aromatic rings. The largest absolute Gasteiger partial charge is 0.480 e. The van der Waals surface area contributed by atoms with Gasteiger partial charge < -0.3 is 30.7 Å². The van der Waals surface area contributed by atoms with Crippen molar-refractivity contribution in [2.24, 2.45) is 0 Å². The van der Waals surface area contributed by atoms with Gasteiger partial charge in [0.2, 0.25) is 5.88 Å². The van der Waals surface area contributed by atoms with Crippen molar-refractivity contribution in [3.63, 3.8) is 0 Å². The summed E-state index contributed by atoms with van der Waals surface area (Å²) in [4.78, 5) is 16.8. The second kappa shape index (κ2) is 5.93. The summed E-state index contributed by atoms with van der Waals surface area (Å²) >= 11 is 0. The summed E-state index contributed by atoms with van der Waals surface area (Å²) in [5.74, 6) is -0.504. The zero-order valence-corrected chi connectivity index (χ0v) is 10.8. The molecule has 0 spiro atoms. The second-order valence-electron chi connectivity index (χ2n) is 4.53. The maximum atomic E-state index is 11.2. The van der Waals surface area contributed by atoms with Crippen LogP contribution in [0.1, 0.15) is 6.42 Å². The molecule has 0 saturated carbocycles. The first-order valence-corrected chi connectivity index (χ1v) is 6.20. The van der Waals surface area contributed by atoms with Crippen LogP contribution in [0.2, 0.25) is 0 Å². The minimum Gasteiger partial charge on any atom is -0.480 e. The summed E-state index contributed by atoms with van der Waals surface area (Å²) in [6, 6.07) is 2.31. The van der Waals surface area contributed by atoms with Crippen LogP contribution in [0.25, 0.3) is 0 Å². The van der Waals surface area contributed by atoms with Gasteiger partial charge in [-0.3, -0.25) is 0 Å². The molecular formula is C12H17N3O5. The van der Waals surface area contributed by atoms with Crippen molar-refractivity contribution in [1.29, 1.82) is 0 Å². The second-order valence-corrected chi connectivity index (χ2v) is 4.53. The monoisotopic (exact) mass is 283 g/mol. The number of aliphatic hydroxyl groups excluding tert-OH is 2. The van der Waals surface area contributed by atoms with Crippen molar-refractivity contribution in [2.45, 2.75) is 18.6 Å². The Labute approximate surface area is 115 Å². The fraction of sp³-hybridized carbons (Fsp3) is 0.500. The summed E-state index contributed by atoms with van der Waals surface area (Å²) in [5, 5.41) is 27.5. The average Bonchev–Trinajstić information content (AvgIpc) is 2.80. The Morgan fingerprint density at radius 1 is 1.55 bits per heavy atom. The molecule has 8 nitrogen and oxygen atoms in total. The van der Waals surface area contributed by atoms with E-state index in [1.54, 1.807) is 12.1 Å². The molecule has 1 aliphatic heterocycles. The molecule has 0 aromatic carbocycles. The van der Waals surface area contributed by atoms with Gasteiger partial charge in [0.1, 0.15) is 18.5 Å². The fourth-order valence-corrected chi connectivity index (χ4v) is 2.16. The Kier molecular flexibility index (Phi) is 4.26. The summed E-state index contributed by atoms with van der Waals surface area (Å²) in [6.45, 7) is 0.0600. The Morgan fingerprint density at radius 2 is 2.30 bits per heavy atom. The Balaban J connectivity index is 2.25. The van der Waals surface area contributed by atoms with E-state index in [1.165, 1.54) is 4.90 Å². The predicted octanol–water partition coefficient (Wildman–Crippen LogP) is -0.941. The van der Waals surface area contributed by atoms with E-state index in [2.05, 4.69) is 4.98 Å². The van der Waals surface area contributed by atoms with E-state index >= 15 is 0 Å². The molecule has 1 saturated heterocycles. The number of carbonyl (C=O) groups is 1. The molecule has 1 aliphatic rings. The number of hydrogen-bond acceptors (Lipinski definition) is 7. The number of carboxylic acids is 1. The average molecular weight is 283 g/mol. The molecule has 1 aromatic heterocycles. The molecule has 2 atom stereocenters. The summed E-state index contributed by atoms with van der Waals surface area (Å²) in [7, 11) is 0. The van der Waals surface area contributed by atoms with Gasteiger partial charge in [-0.05, 0) is 12.1 Å². The van der Waals surface area contributed by atoms with Crippen LogP contribution in [-0.4, -0.2) is 58.2 Å². The number of aromatic nitrogens is 1. The lowest BCUT2D eigenvalue weighted by molar-refractivity contribution is -0.138. The van der Waals surface area contributed by atoms with E-state index in [4.69, 9.17) is 20.7 Å². The number of anilines is 2. The highest BCUT2D eigenvalue weighted by Gasteiger charge is 2.37. The maximum Gasteiger partial charge on any atom is 0.326 e. The lowest BCUT2D eigenvalue weighted by Crippen LogP contribution is -2.36. The first kappa shape index (κ1) is 14.4. The molecule has 2 heterocycles. The predicted molar refractivity (Wildman–Crippen MR) is 70.6 cm³/mol. The van der Waals surface area contributed by atoms with Gasteiger partial charge in [0.15, 0.2) is 0 Å². The number of rotatable bonds is 5. The first-order chi connectivity index (χ1) is 9.52. The van der Waals surface area contributed by atoms with Gasteiger partial charge in [0.05, 0.1) is 18.4 Å². The highest BCUT2D eigenvalue weighted by Crippen LogP contribution is 2.28. The molecule has 5 N–H and O–H groups in total. The molecule has 110 valence electrons. The molecule has 1 fully saturated rings. The van der Waals surface area contributed by atoms with Crippen LogP contribution in [0.4, 0.5) is 11.5 Å². The lowest BCUT2D eigenvalue weighted by atomic mass is 10.2. The van der Waals surface area contributed by atoms with E-state index in [0.717, 1.165) is 0 Å². The number of aliphatic hydroxyl groups is 2. The Bertz CT molecular complexity index is 496. The topological polar surface area (TPSA) is 129 Å². The zero-order valence-electron chi connectivity index (χ0n) is 10.8. The van der Waals surface area contributed by atoms with Crippen molar-refractivity contribution in [2.75, 3.05) is 30.4 Å². The minimum absolute atomic E-state index is 0.0473. The van der Waals surface area contributed by atoms with Crippen molar-refractivity contribution < 1.29 is 24.9 Å². The SMILES string of the molecule is Nc1ccc(N2CC(O)CC2C(=O)O)nc1OCCO. The van der Waals surface area contributed by atoms with Crippen LogP contribution in [0, 0.1) is 0 Å². The molecule has 2 rings (SSSR count). The number of pyridine rings is 1. The number of carboxylic acid groups (broad SMARTS) is 1. The van der Waals surface area contributed by atoms with Crippen LogP contribution in [-0.2, 0) is 4.79 Å². The number of nitrogen functional groups attached to an aromatic ring is 1. The summed E-state index contributed by atoms with van der Waals surface area (Å²) < 4.78 is 5.19. The summed E-state index contributed by atoms with van der Waals surface area (Å²) in [5.41, 5.74) is 6.00. The third kappa shape index (κ3) is 2.91. The van der Waals surface area contributed by atoms with Gasteiger partial charge in [-0.2, -0.15) is 4.98 Å². The molecule has 0 amide bonds. The van der Waals surface area contributed by atoms with Gasteiger partial charge in [-0.15, -0.1) is 0 Å². The first-order valence-electron chi connectivity index (χ1n) is 6.20. The van der Waals surface area contributed by atoms with Crippen molar-refractivity contribution in [3.8, 4) is 5.88 Å². The van der Waals surface area contributed by atoms with Gasteiger partial charge in [-0.1, -0.05) is 0 Å². The number of ether oxygens (including phenoxy) is 1. The number of nitrogens with zero attached hydrogens (tertiary/aromatic N) is 2. The van der Waals surface area contributed by atoms with Crippen LogP contribution >= 0.6 is 0 Å². The molecule has 20 heavy (non-hydrogen) atoms. The Morgan fingerprint density at radius 3 is 2.95 bits per heavy atom. The van der Waals surface area contributed by atoms with E-state index in [9.17, 15) is 9.90 Å². The van der Waals surface area contributed by atoms with Gasteiger partial charge in [0.25, 0.3) is 0 Å². The number of aliphatic carboxylic acids is 1. The van der Waals surface area contributed by atoms with Crippen molar-refractivity contribution in [3.05, 3.63) is 12.1 Å². The maximum absolute atomic E-state index is 11.2. The molecule has 0 aliphatic carbocycles. The molecule has 2 unspecified atom stereocenters. The normalized spacial score (nSPS) is 22.0. The van der Waals surface area contributed by atoms with E-state index < -0.39 is 18.1 Å². The molecule has 0 bridgehead atoms. The zero-order chi connectivity index (χ0) is 14.7. The van der Waals surface area contributed by atoms with Gasteiger partial charge in [0, 0.05) is 13.0 Å². The highest BCUT2D eigenvalue weighted by molar-refractivity contribution is 5.79. The molecule has 8 heteroatoms. The van der Waals surface area contributed by atoms with Crippen molar-refractivity contribution >= 4 is 17.5 Å². The summed E-state index contributed by atoms with van der Waals surface area (Å²) in [6.07, 6.45) is -0.564. The minimum atomic E-state index is -1.02. The third-order valence-electron chi connectivity index (χ3n) is 3.06. The highest BCUT2D eigenvalue weighted by atomic mass is 16.5. The van der Waals surface area contributed by atoms with Crippen molar-refractivity contribution in [1.82, 2.24) is 4.98 Å². The number of hydrogen-bond donors (Lipinski definition) is 4. The smallest absolute Gasteiger partial charge is 0.326 e. The quantitative estimate of drug-likeness (QED) is 0.545. The lowest BCUT2D eigenvalue weighted by Gasteiger charge is -2.22. The third-order valence-corrected chi connectivity index (χ3v) is 3.06. The molecular weight excluding hydrogens is 266 g/mol. The molecule has 0 radical (unpaired) electrons. The van der Waals surface area contributed by atoms with E-state index in [-0.39, 0.29) is 32.1 Å². The van der Waals surface area contributed by atoms with E-state index in [1.807, 2.05) is 0 Å². The van der Waals surface area contributed by atoms with Crippen LogP contribution in [0.5, 0.6) is 5.88 Å².